The Morgan fingerprint density at radius 2 is 1.70 bits per heavy atom. The third kappa shape index (κ3) is 5.10. The summed E-state index contributed by atoms with van der Waals surface area (Å²) in [6.45, 7) is 1.97. The molecule has 33 heavy (non-hydrogen) atoms. The van der Waals surface area contributed by atoms with E-state index in [-0.39, 0.29) is 23.3 Å². The van der Waals surface area contributed by atoms with Crippen LogP contribution in [-0.4, -0.2) is 26.8 Å². The van der Waals surface area contributed by atoms with Crippen molar-refractivity contribution in [3.8, 4) is 0 Å². The van der Waals surface area contributed by atoms with Crippen LogP contribution in [0.25, 0.3) is 0 Å². The molecule has 0 fully saturated rings. The zero-order valence-electron chi connectivity index (χ0n) is 17.8. The van der Waals surface area contributed by atoms with Crippen LogP contribution in [0.3, 0.4) is 0 Å². The number of benzene rings is 3. The fraction of sp³-hybridized carbons (Fsp3) is 0.167. The number of fused-ring (bicyclic) bond motifs is 1. The van der Waals surface area contributed by atoms with Crippen LogP contribution in [0, 0.1) is 5.82 Å². The van der Waals surface area contributed by atoms with Gasteiger partial charge in [-0.2, -0.15) is 0 Å². The maximum absolute atomic E-state index is 13.1. The third-order valence-corrected chi connectivity index (χ3v) is 6.74. The van der Waals surface area contributed by atoms with E-state index >= 15 is 0 Å². The quantitative estimate of drug-likeness (QED) is 0.580. The number of anilines is 2. The molecule has 9 heteroatoms. The van der Waals surface area contributed by atoms with E-state index in [1.807, 2.05) is 6.07 Å². The summed E-state index contributed by atoms with van der Waals surface area (Å²) in [4.78, 5) is 25.6. The molecule has 0 atom stereocenters. The molecule has 2 amide bonds. The first-order valence-corrected chi connectivity index (χ1v) is 11.8. The predicted octanol–water partition coefficient (Wildman–Crippen LogP) is 3.47. The van der Waals surface area contributed by atoms with Gasteiger partial charge in [-0.05, 0) is 72.1 Å². The van der Waals surface area contributed by atoms with Crippen molar-refractivity contribution in [3.63, 3.8) is 0 Å². The second-order valence-electron chi connectivity index (χ2n) is 7.71. The molecule has 170 valence electrons. The first-order valence-electron chi connectivity index (χ1n) is 10.3. The number of rotatable bonds is 6. The minimum absolute atomic E-state index is 0.0915. The van der Waals surface area contributed by atoms with E-state index in [1.54, 1.807) is 17.0 Å². The fourth-order valence-corrected chi connectivity index (χ4v) is 4.72. The van der Waals surface area contributed by atoms with Gasteiger partial charge in [-0.25, -0.2) is 17.5 Å². The summed E-state index contributed by atoms with van der Waals surface area (Å²) in [6.07, 6.45) is 0.646. The second-order valence-corrected chi connectivity index (χ2v) is 9.47. The van der Waals surface area contributed by atoms with Crippen LogP contribution in [0.5, 0.6) is 0 Å². The number of nitrogens with one attached hydrogen (secondary N) is 2. The summed E-state index contributed by atoms with van der Waals surface area (Å²) in [5.41, 5.74) is 3.40. The van der Waals surface area contributed by atoms with Crippen molar-refractivity contribution in [1.82, 2.24) is 4.72 Å². The SMILES string of the molecule is CC(=O)Nc1ccc(S(=O)(=O)NCc2ccc3c(c2)CCN3C(=O)c2ccc(F)cc2)cc1. The van der Waals surface area contributed by atoms with Crippen LogP contribution < -0.4 is 14.9 Å². The lowest BCUT2D eigenvalue weighted by atomic mass is 10.1. The molecule has 7 nitrogen and oxygen atoms in total. The van der Waals surface area contributed by atoms with Gasteiger partial charge in [0, 0.05) is 37.0 Å². The van der Waals surface area contributed by atoms with E-state index in [0.717, 1.165) is 16.8 Å². The maximum atomic E-state index is 13.1. The van der Waals surface area contributed by atoms with E-state index in [4.69, 9.17) is 0 Å². The third-order valence-electron chi connectivity index (χ3n) is 5.33. The van der Waals surface area contributed by atoms with Gasteiger partial charge in [-0.1, -0.05) is 12.1 Å². The predicted molar refractivity (Wildman–Crippen MR) is 123 cm³/mol. The Kier molecular flexibility index (Phi) is 6.26. The standard InChI is InChI=1S/C24H22FN3O4S/c1-16(29)27-21-7-9-22(10-8-21)33(31,32)26-15-17-2-11-23-19(14-17)12-13-28(23)24(30)18-3-5-20(25)6-4-18/h2-11,14,26H,12-13,15H2,1H3,(H,27,29). The Morgan fingerprint density at radius 1 is 1.00 bits per heavy atom. The minimum atomic E-state index is -3.74. The number of amides is 2. The van der Waals surface area contributed by atoms with Crippen molar-refractivity contribution in [3.05, 3.63) is 89.2 Å². The average molecular weight is 468 g/mol. The van der Waals surface area contributed by atoms with Gasteiger partial charge < -0.3 is 10.2 Å². The van der Waals surface area contributed by atoms with E-state index in [9.17, 15) is 22.4 Å². The Bertz CT molecular complexity index is 1310. The second kappa shape index (κ2) is 9.13. The molecular weight excluding hydrogens is 445 g/mol. The van der Waals surface area contributed by atoms with Crippen molar-refractivity contribution in [2.75, 3.05) is 16.8 Å². The number of halogens is 1. The Morgan fingerprint density at radius 3 is 2.36 bits per heavy atom. The molecule has 2 N–H and O–H groups in total. The first-order chi connectivity index (χ1) is 15.7. The number of hydrogen-bond acceptors (Lipinski definition) is 4. The van der Waals surface area contributed by atoms with Gasteiger partial charge in [-0.3, -0.25) is 9.59 Å². The number of nitrogens with zero attached hydrogens (tertiary/aromatic N) is 1. The molecule has 0 saturated heterocycles. The highest BCUT2D eigenvalue weighted by Gasteiger charge is 2.26. The Hall–Kier alpha value is -3.56. The van der Waals surface area contributed by atoms with Gasteiger partial charge in [0.15, 0.2) is 0 Å². The van der Waals surface area contributed by atoms with Gasteiger partial charge in [0.05, 0.1) is 4.90 Å². The summed E-state index contributed by atoms with van der Waals surface area (Å²) < 4.78 is 41.0. The molecule has 0 radical (unpaired) electrons. The summed E-state index contributed by atoms with van der Waals surface area (Å²) >= 11 is 0. The molecule has 0 unspecified atom stereocenters. The summed E-state index contributed by atoms with van der Waals surface area (Å²) in [5, 5.41) is 2.59. The molecule has 0 aliphatic carbocycles. The van der Waals surface area contributed by atoms with Gasteiger partial charge >= 0.3 is 0 Å². The number of sulfonamides is 1. The minimum Gasteiger partial charge on any atom is -0.326 e. The molecule has 1 aliphatic heterocycles. The van der Waals surface area contributed by atoms with Crippen molar-refractivity contribution >= 4 is 33.2 Å². The zero-order valence-corrected chi connectivity index (χ0v) is 18.7. The number of carbonyl (C=O) groups is 2. The number of hydrogen-bond donors (Lipinski definition) is 2. The molecule has 4 rings (SSSR count). The molecule has 3 aromatic carbocycles. The smallest absolute Gasteiger partial charge is 0.258 e. The summed E-state index contributed by atoms with van der Waals surface area (Å²) in [5.74, 6) is -0.840. The molecule has 0 spiro atoms. The highest BCUT2D eigenvalue weighted by Crippen LogP contribution is 2.30. The van der Waals surface area contributed by atoms with Crippen LogP contribution in [0.2, 0.25) is 0 Å². The Labute approximate surface area is 191 Å². The lowest BCUT2D eigenvalue weighted by Gasteiger charge is -2.18. The van der Waals surface area contributed by atoms with Crippen molar-refractivity contribution in [2.24, 2.45) is 0 Å². The molecule has 0 aromatic heterocycles. The fourth-order valence-electron chi connectivity index (χ4n) is 3.71. The molecule has 0 bridgehead atoms. The summed E-state index contributed by atoms with van der Waals surface area (Å²) in [7, 11) is -3.74. The topological polar surface area (TPSA) is 95.6 Å². The van der Waals surface area contributed by atoms with Gasteiger partial charge in [-0.15, -0.1) is 0 Å². The van der Waals surface area contributed by atoms with Crippen LogP contribution in [0.4, 0.5) is 15.8 Å². The normalized spacial score (nSPS) is 13.0. The highest BCUT2D eigenvalue weighted by molar-refractivity contribution is 7.89. The number of carbonyl (C=O) groups excluding carboxylic acids is 2. The molecule has 0 saturated carbocycles. The van der Waals surface area contributed by atoms with Crippen LogP contribution in [-0.2, 0) is 27.8 Å². The van der Waals surface area contributed by atoms with E-state index in [1.165, 1.54) is 55.5 Å². The molecular formula is C24H22FN3O4S. The lowest BCUT2D eigenvalue weighted by Crippen LogP contribution is -2.28. The highest BCUT2D eigenvalue weighted by atomic mass is 32.2. The van der Waals surface area contributed by atoms with Crippen LogP contribution >= 0.6 is 0 Å². The molecule has 1 aliphatic rings. The lowest BCUT2D eigenvalue weighted by molar-refractivity contribution is -0.114. The maximum Gasteiger partial charge on any atom is 0.258 e. The van der Waals surface area contributed by atoms with Crippen LogP contribution in [0.1, 0.15) is 28.4 Å². The first kappa shape index (κ1) is 22.6. The van der Waals surface area contributed by atoms with Gasteiger partial charge in [0.1, 0.15) is 5.82 Å². The molecule has 1 heterocycles. The monoisotopic (exact) mass is 467 g/mol. The Balaban J connectivity index is 1.44. The molecule has 3 aromatic rings. The largest absolute Gasteiger partial charge is 0.326 e. The summed E-state index contributed by atoms with van der Waals surface area (Å²) in [6, 6.07) is 16.8. The van der Waals surface area contributed by atoms with E-state index in [2.05, 4.69) is 10.0 Å². The van der Waals surface area contributed by atoms with Crippen LogP contribution in [0.15, 0.2) is 71.6 Å². The van der Waals surface area contributed by atoms with Gasteiger partial charge in [0.25, 0.3) is 5.91 Å². The van der Waals surface area contributed by atoms with Crippen molar-refractivity contribution < 1.29 is 22.4 Å². The van der Waals surface area contributed by atoms with Gasteiger partial charge in [0.2, 0.25) is 15.9 Å². The van der Waals surface area contributed by atoms with Crippen molar-refractivity contribution in [1.29, 1.82) is 0 Å². The zero-order chi connectivity index (χ0) is 23.6. The van der Waals surface area contributed by atoms with E-state index in [0.29, 0.717) is 24.2 Å². The van der Waals surface area contributed by atoms with E-state index < -0.39 is 15.8 Å². The van der Waals surface area contributed by atoms with Crippen molar-refractivity contribution in [2.45, 2.75) is 24.8 Å². The average Bonchev–Trinajstić information content (AvgIpc) is 3.21.